The maximum Gasteiger partial charge on any atom is 0.263 e. The van der Waals surface area contributed by atoms with E-state index in [1.54, 1.807) is 5.51 Å². The van der Waals surface area contributed by atoms with Gasteiger partial charge in [-0.05, 0) is 37.5 Å². The summed E-state index contributed by atoms with van der Waals surface area (Å²) in [6.07, 6.45) is 2.06. The summed E-state index contributed by atoms with van der Waals surface area (Å²) < 4.78 is 13.0. The Morgan fingerprint density at radius 2 is 2.10 bits per heavy atom. The first kappa shape index (κ1) is 13.2. The number of aryl methyl sites for hydroxylation is 1. The molecule has 0 aliphatic heterocycles. The topological polar surface area (TPSA) is 42.0 Å². The summed E-state index contributed by atoms with van der Waals surface area (Å²) in [4.78, 5) is 16.8. The van der Waals surface area contributed by atoms with Gasteiger partial charge in [0.25, 0.3) is 5.91 Å². The van der Waals surface area contributed by atoms with E-state index in [9.17, 15) is 9.18 Å². The lowest BCUT2D eigenvalue weighted by Crippen LogP contribution is -2.32. The van der Waals surface area contributed by atoms with E-state index in [0.717, 1.165) is 24.1 Å². The van der Waals surface area contributed by atoms with Crippen molar-refractivity contribution >= 4 is 17.2 Å². The molecule has 0 bridgehead atoms. The Hall–Kier alpha value is -1.75. The fourth-order valence-corrected chi connectivity index (χ4v) is 3.09. The molecule has 1 aromatic carbocycles. The molecule has 5 heteroatoms. The zero-order valence-electron chi connectivity index (χ0n) is 11.1. The predicted molar refractivity (Wildman–Crippen MR) is 76.5 cm³/mol. The summed E-state index contributed by atoms with van der Waals surface area (Å²) in [5, 5.41) is 2.98. The Kier molecular flexibility index (Phi) is 3.30. The number of rotatable bonds is 4. The van der Waals surface area contributed by atoms with Crippen molar-refractivity contribution in [3.63, 3.8) is 0 Å². The number of amides is 1. The first-order valence-corrected chi connectivity index (χ1v) is 7.43. The van der Waals surface area contributed by atoms with Crippen LogP contribution >= 0.6 is 11.3 Å². The van der Waals surface area contributed by atoms with Gasteiger partial charge in [-0.25, -0.2) is 9.37 Å². The van der Waals surface area contributed by atoms with E-state index < -0.39 is 0 Å². The van der Waals surface area contributed by atoms with Crippen molar-refractivity contribution in [2.45, 2.75) is 25.2 Å². The van der Waals surface area contributed by atoms with Crippen LogP contribution in [0.5, 0.6) is 0 Å². The van der Waals surface area contributed by atoms with Gasteiger partial charge in [-0.2, -0.15) is 0 Å². The number of thiazole rings is 1. The second-order valence-electron chi connectivity index (χ2n) is 5.24. The standard InChI is InChI=1S/C15H15FN2OS/c1-10-13(20-9-18-10)14(19)17-8-15(6-7-15)11-2-4-12(16)5-3-11/h2-5,9H,6-8H2,1H3,(H,17,19). The van der Waals surface area contributed by atoms with Crippen molar-refractivity contribution in [1.29, 1.82) is 0 Å². The number of carbonyl (C=O) groups is 1. The molecule has 0 spiro atoms. The zero-order chi connectivity index (χ0) is 14.2. The van der Waals surface area contributed by atoms with Crippen LogP contribution in [-0.4, -0.2) is 17.4 Å². The highest BCUT2D eigenvalue weighted by atomic mass is 32.1. The van der Waals surface area contributed by atoms with Gasteiger partial charge in [0.2, 0.25) is 0 Å². The van der Waals surface area contributed by atoms with Crippen molar-refractivity contribution < 1.29 is 9.18 Å². The summed E-state index contributed by atoms with van der Waals surface area (Å²) in [5.74, 6) is -0.299. The predicted octanol–water partition coefficient (Wildman–Crippen LogP) is 3.05. The van der Waals surface area contributed by atoms with Crippen LogP contribution in [0.4, 0.5) is 4.39 Å². The fraction of sp³-hybridized carbons (Fsp3) is 0.333. The highest BCUT2D eigenvalue weighted by Gasteiger charge is 2.44. The third-order valence-electron chi connectivity index (χ3n) is 3.85. The molecule has 1 N–H and O–H groups in total. The van der Waals surface area contributed by atoms with E-state index in [-0.39, 0.29) is 17.1 Å². The minimum absolute atomic E-state index is 0.0120. The van der Waals surface area contributed by atoms with Gasteiger partial charge < -0.3 is 5.32 Å². The molecule has 2 aromatic rings. The molecule has 1 aliphatic rings. The number of carbonyl (C=O) groups excluding carboxylic acids is 1. The molecule has 3 nitrogen and oxygen atoms in total. The number of hydrogen-bond donors (Lipinski definition) is 1. The molecule has 104 valence electrons. The van der Waals surface area contributed by atoms with Gasteiger partial charge in [-0.1, -0.05) is 12.1 Å². The molecule has 1 fully saturated rings. The smallest absolute Gasteiger partial charge is 0.263 e. The van der Waals surface area contributed by atoms with E-state index in [1.807, 2.05) is 19.1 Å². The second kappa shape index (κ2) is 4.98. The normalized spacial score (nSPS) is 15.9. The third-order valence-corrected chi connectivity index (χ3v) is 4.78. The van der Waals surface area contributed by atoms with Gasteiger partial charge in [-0.3, -0.25) is 4.79 Å². The highest BCUT2D eigenvalue weighted by molar-refractivity contribution is 7.11. The van der Waals surface area contributed by atoms with Crippen molar-refractivity contribution in [2.24, 2.45) is 0 Å². The van der Waals surface area contributed by atoms with E-state index in [1.165, 1.54) is 23.5 Å². The second-order valence-corrected chi connectivity index (χ2v) is 6.09. The van der Waals surface area contributed by atoms with Gasteiger partial charge in [0.15, 0.2) is 0 Å². The molecule has 1 aliphatic carbocycles. The summed E-state index contributed by atoms with van der Waals surface area (Å²) in [5.41, 5.74) is 3.53. The lowest BCUT2D eigenvalue weighted by Gasteiger charge is -2.16. The number of aromatic nitrogens is 1. The molecule has 0 unspecified atom stereocenters. The van der Waals surface area contributed by atoms with Crippen LogP contribution in [0.3, 0.4) is 0 Å². The van der Waals surface area contributed by atoms with Crippen molar-refractivity contribution in [2.75, 3.05) is 6.54 Å². The number of nitrogens with zero attached hydrogens (tertiary/aromatic N) is 1. The number of benzene rings is 1. The largest absolute Gasteiger partial charge is 0.350 e. The van der Waals surface area contributed by atoms with Crippen LogP contribution in [0.15, 0.2) is 29.8 Å². The Morgan fingerprint density at radius 1 is 1.40 bits per heavy atom. The van der Waals surface area contributed by atoms with E-state index in [0.29, 0.717) is 11.4 Å². The third kappa shape index (κ3) is 2.45. The average molecular weight is 290 g/mol. The lowest BCUT2D eigenvalue weighted by atomic mass is 9.96. The Bertz CT molecular complexity index is 632. The first-order chi connectivity index (χ1) is 9.61. The van der Waals surface area contributed by atoms with Crippen LogP contribution in [0.2, 0.25) is 0 Å². The Morgan fingerprint density at radius 3 is 2.65 bits per heavy atom. The van der Waals surface area contributed by atoms with E-state index in [2.05, 4.69) is 10.3 Å². The molecule has 0 saturated heterocycles. The van der Waals surface area contributed by atoms with Crippen LogP contribution in [-0.2, 0) is 5.41 Å². The van der Waals surface area contributed by atoms with Crippen molar-refractivity contribution in [1.82, 2.24) is 10.3 Å². The van der Waals surface area contributed by atoms with Crippen LogP contribution in [0.1, 0.15) is 33.8 Å². The fourth-order valence-electron chi connectivity index (χ4n) is 2.37. The summed E-state index contributed by atoms with van der Waals surface area (Å²) in [7, 11) is 0. The summed E-state index contributed by atoms with van der Waals surface area (Å²) in [6.45, 7) is 2.42. The number of nitrogens with one attached hydrogen (secondary N) is 1. The summed E-state index contributed by atoms with van der Waals surface area (Å²) in [6, 6.07) is 6.58. The van der Waals surface area contributed by atoms with Crippen LogP contribution in [0.25, 0.3) is 0 Å². The number of halogens is 1. The minimum atomic E-state index is -0.228. The molecule has 20 heavy (non-hydrogen) atoms. The molecular weight excluding hydrogens is 275 g/mol. The van der Waals surface area contributed by atoms with Crippen molar-refractivity contribution in [3.05, 3.63) is 51.7 Å². The zero-order valence-corrected chi connectivity index (χ0v) is 12.0. The van der Waals surface area contributed by atoms with E-state index >= 15 is 0 Å². The maximum atomic E-state index is 13.0. The van der Waals surface area contributed by atoms with Gasteiger partial charge in [0.1, 0.15) is 10.7 Å². The SMILES string of the molecule is Cc1ncsc1C(=O)NCC1(c2ccc(F)cc2)CC1. The quantitative estimate of drug-likeness (QED) is 0.940. The van der Waals surface area contributed by atoms with Crippen molar-refractivity contribution in [3.8, 4) is 0 Å². The van der Waals surface area contributed by atoms with Gasteiger partial charge in [0, 0.05) is 12.0 Å². The molecule has 0 radical (unpaired) electrons. The highest BCUT2D eigenvalue weighted by Crippen LogP contribution is 2.47. The summed E-state index contributed by atoms with van der Waals surface area (Å²) >= 11 is 1.35. The molecule has 0 atom stereocenters. The van der Waals surface area contributed by atoms with E-state index in [4.69, 9.17) is 0 Å². The van der Waals surface area contributed by atoms with Gasteiger partial charge in [0.05, 0.1) is 11.2 Å². The average Bonchev–Trinajstić information content (AvgIpc) is 3.11. The molecule has 1 amide bonds. The maximum absolute atomic E-state index is 13.0. The molecule has 1 aromatic heterocycles. The Labute approximate surface area is 120 Å². The molecule has 1 saturated carbocycles. The Balaban J connectivity index is 1.68. The molecular formula is C15H15FN2OS. The van der Waals surface area contributed by atoms with Crippen LogP contribution < -0.4 is 5.32 Å². The molecule has 1 heterocycles. The monoisotopic (exact) mass is 290 g/mol. The van der Waals surface area contributed by atoms with Gasteiger partial charge >= 0.3 is 0 Å². The van der Waals surface area contributed by atoms with Crippen LogP contribution in [0, 0.1) is 12.7 Å². The minimum Gasteiger partial charge on any atom is -0.350 e. The number of hydrogen-bond acceptors (Lipinski definition) is 3. The lowest BCUT2D eigenvalue weighted by molar-refractivity contribution is 0.0953. The first-order valence-electron chi connectivity index (χ1n) is 6.55. The molecule has 3 rings (SSSR count). The van der Waals surface area contributed by atoms with Gasteiger partial charge in [-0.15, -0.1) is 11.3 Å².